The molecule has 0 aromatic heterocycles. The quantitative estimate of drug-likeness (QED) is 0.728. The molecule has 2 atom stereocenters. The molecular formula is C12H25N3. The first-order valence-electron chi connectivity index (χ1n) is 6.41. The van der Waals surface area contributed by atoms with E-state index in [-0.39, 0.29) is 0 Å². The molecule has 1 aliphatic carbocycles. The summed E-state index contributed by atoms with van der Waals surface area (Å²) < 4.78 is 0. The maximum absolute atomic E-state index is 3.51. The molecule has 0 aromatic rings. The van der Waals surface area contributed by atoms with Crippen LogP contribution in [-0.4, -0.2) is 62.2 Å². The summed E-state index contributed by atoms with van der Waals surface area (Å²) in [5.74, 6) is 0. The second-order valence-corrected chi connectivity index (χ2v) is 5.09. The summed E-state index contributed by atoms with van der Waals surface area (Å²) in [5, 5.41) is 3.51. The largest absolute Gasteiger partial charge is 0.315 e. The normalized spacial score (nSPS) is 35.6. The zero-order valence-electron chi connectivity index (χ0n) is 10.2. The molecule has 2 unspecified atom stereocenters. The number of nitrogens with one attached hydrogen (secondary N) is 1. The fourth-order valence-electron chi connectivity index (χ4n) is 3.04. The highest BCUT2D eigenvalue weighted by molar-refractivity contribution is 4.89. The van der Waals surface area contributed by atoms with E-state index in [1.165, 1.54) is 51.9 Å². The molecule has 3 nitrogen and oxygen atoms in total. The first-order chi connectivity index (χ1) is 7.31. The van der Waals surface area contributed by atoms with Crippen molar-refractivity contribution in [2.24, 2.45) is 0 Å². The number of rotatable bonds is 2. The molecule has 2 rings (SSSR count). The Kier molecular flexibility index (Phi) is 4.00. The lowest BCUT2D eigenvalue weighted by atomic mass is 9.89. The van der Waals surface area contributed by atoms with Gasteiger partial charge in [0.15, 0.2) is 0 Å². The lowest BCUT2D eigenvalue weighted by molar-refractivity contribution is 0.0731. The van der Waals surface area contributed by atoms with Crippen molar-refractivity contribution in [3.8, 4) is 0 Å². The summed E-state index contributed by atoms with van der Waals surface area (Å²) in [6.45, 7) is 5.01. The Morgan fingerprint density at radius 3 is 2.33 bits per heavy atom. The van der Waals surface area contributed by atoms with Gasteiger partial charge in [0.25, 0.3) is 0 Å². The molecule has 0 aromatic carbocycles. The Labute approximate surface area is 93.8 Å². The average molecular weight is 211 g/mol. The van der Waals surface area contributed by atoms with Gasteiger partial charge >= 0.3 is 0 Å². The van der Waals surface area contributed by atoms with Crippen molar-refractivity contribution < 1.29 is 0 Å². The average Bonchev–Trinajstić information content (AvgIpc) is 2.30. The molecule has 0 amide bonds. The molecule has 2 fully saturated rings. The molecule has 1 heterocycles. The first-order valence-corrected chi connectivity index (χ1v) is 6.41. The first kappa shape index (κ1) is 11.4. The van der Waals surface area contributed by atoms with Crippen LogP contribution in [0.5, 0.6) is 0 Å². The predicted molar refractivity (Wildman–Crippen MR) is 64.2 cm³/mol. The van der Waals surface area contributed by atoms with Crippen molar-refractivity contribution in [1.82, 2.24) is 15.1 Å². The Morgan fingerprint density at radius 1 is 1.00 bits per heavy atom. The van der Waals surface area contributed by atoms with Crippen LogP contribution in [0.4, 0.5) is 0 Å². The summed E-state index contributed by atoms with van der Waals surface area (Å²) in [6.07, 6.45) is 5.60. The minimum Gasteiger partial charge on any atom is -0.315 e. The number of hydrogen-bond donors (Lipinski definition) is 1. The van der Waals surface area contributed by atoms with Gasteiger partial charge in [-0.15, -0.1) is 0 Å². The Bertz CT molecular complexity index is 187. The zero-order valence-corrected chi connectivity index (χ0v) is 10.2. The van der Waals surface area contributed by atoms with E-state index in [0.717, 1.165) is 12.1 Å². The lowest BCUT2D eigenvalue weighted by Crippen LogP contribution is -2.56. The van der Waals surface area contributed by atoms with Crippen LogP contribution in [0, 0.1) is 0 Å². The van der Waals surface area contributed by atoms with E-state index in [4.69, 9.17) is 0 Å². The monoisotopic (exact) mass is 211 g/mol. The molecule has 3 heteroatoms. The van der Waals surface area contributed by atoms with Gasteiger partial charge in [0, 0.05) is 38.3 Å². The molecule has 1 N–H and O–H groups in total. The Morgan fingerprint density at radius 2 is 1.67 bits per heavy atom. The van der Waals surface area contributed by atoms with E-state index in [1.807, 2.05) is 0 Å². The third-order valence-corrected chi connectivity index (χ3v) is 4.11. The fourth-order valence-corrected chi connectivity index (χ4v) is 3.04. The maximum Gasteiger partial charge on any atom is 0.0250 e. The van der Waals surface area contributed by atoms with Gasteiger partial charge in [-0.1, -0.05) is 12.8 Å². The number of piperazine rings is 1. The molecule has 0 radical (unpaired) electrons. The third kappa shape index (κ3) is 2.71. The molecule has 1 saturated carbocycles. The predicted octanol–water partition coefficient (Wildman–Crippen LogP) is 0.764. The molecule has 1 aliphatic heterocycles. The summed E-state index contributed by atoms with van der Waals surface area (Å²) in [5.41, 5.74) is 0. The van der Waals surface area contributed by atoms with Crippen molar-refractivity contribution in [2.45, 2.75) is 37.8 Å². The van der Waals surface area contributed by atoms with Crippen molar-refractivity contribution in [1.29, 1.82) is 0 Å². The van der Waals surface area contributed by atoms with Crippen LogP contribution in [-0.2, 0) is 0 Å². The SMILES string of the molecule is CNC1CCCCC1N1CCN(C)CC1. The molecule has 15 heavy (non-hydrogen) atoms. The van der Waals surface area contributed by atoms with Gasteiger partial charge in [0.1, 0.15) is 0 Å². The van der Waals surface area contributed by atoms with Gasteiger partial charge in [-0.05, 0) is 26.9 Å². The number of nitrogens with zero attached hydrogens (tertiary/aromatic N) is 2. The van der Waals surface area contributed by atoms with Crippen LogP contribution in [0.15, 0.2) is 0 Å². The summed E-state index contributed by atoms with van der Waals surface area (Å²) in [6, 6.07) is 1.54. The second kappa shape index (κ2) is 5.28. The fraction of sp³-hybridized carbons (Fsp3) is 1.00. The standard InChI is InChI=1S/C12H25N3/c1-13-11-5-3-4-6-12(11)15-9-7-14(2)8-10-15/h11-13H,3-10H2,1-2H3. The van der Waals surface area contributed by atoms with Crippen LogP contribution in [0.3, 0.4) is 0 Å². The Hall–Kier alpha value is -0.120. The van der Waals surface area contributed by atoms with Gasteiger partial charge in [-0.25, -0.2) is 0 Å². The summed E-state index contributed by atoms with van der Waals surface area (Å²) in [4.78, 5) is 5.15. The van der Waals surface area contributed by atoms with E-state index >= 15 is 0 Å². The van der Waals surface area contributed by atoms with Gasteiger partial charge < -0.3 is 10.2 Å². The molecule has 88 valence electrons. The highest BCUT2D eigenvalue weighted by Crippen LogP contribution is 2.23. The highest BCUT2D eigenvalue weighted by Gasteiger charge is 2.30. The van der Waals surface area contributed by atoms with Gasteiger partial charge in [0.2, 0.25) is 0 Å². The van der Waals surface area contributed by atoms with E-state index in [1.54, 1.807) is 0 Å². The van der Waals surface area contributed by atoms with Crippen LogP contribution < -0.4 is 5.32 Å². The maximum atomic E-state index is 3.51. The topological polar surface area (TPSA) is 18.5 Å². The number of likely N-dealkylation sites (N-methyl/N-ethyl adjacent to an activating group) is 2. The molecule has 2 aliphatic rings. The molecular weight excluding hydrogens is 186 g/mol. The summed E-state index contributed by atoms with van der Waals surface area (Å²) in [7, 11) is 4.35. The van der Waals surface area contributed by atoms with Gasteiger partial charge in [-0.3, -0.25) is 4.90 Å². The summed E-state index contributed by atoms with van der Waals surface area (Å²) >= 11 is 0. The van der Waals surface area contributed by atoms with Crippen LogP contribution in [0.25, 0.3) is 0 Å². The Balaban J connectivity index is 1.90. The lowest BCUT2D eigenvalue weighted by Gasteiger charge is -2.43. The van der Waals surface area contributed by atoms with Crippen LogP contribution in [0.1, 0.15) is 25.7 Å². The van der Waals surface area contributed by atoms with E-state index < -0.39 is 0 Å². The van der Waals surface area contributed by atoms with Crippen molar-refractivity contribution in [3.63, 3.8) is 0 Å². The van der Waals surface area contributed by atoms with Crippen molar-refractivity contribution in [3.05, 3.63) is 0 Å². The molecule has 0 spiro atoms. The minimum atomic E-state index is 0.738. The van der Waals surface area contributed by atoms with Crippen LogP contribution in [0.2, 0.25) is 0 Å². The van der Waals surface area contributed by atoms with Crippen LogP contribution >= 0.6 is 0 Å². The van der Waals surface area contributed by atoms with E-state index in [2.05, 4.69) is 29.2 Å². The van der Waals surface area contributed by atoms with E-state index in [0.29, 0.717) is 0 Å². The third-order valence-electron chi connectivity index (χ3n) is 4.11. The zero-order chi connectivity index (χ0) is 10.7. The molecule has 1 saturated heterocycles. The minimum absolute atomic E-state index is 0.738. The van der Waals surface area contributed by atoms with Gasteiger partial charge in [-0.2, -0.15) is 0 Å². The smallest absolute Gasteiger partial charge is 0.0250 e. The second-order valence-electron chi connectivity index (χ2n) is 5.09. The molecule has 0 bridgehead atoms. The number of hydrogen-bond acceptors (Lipinski definition) is 3. The van der Waals surface area contributed by atoms with E-state index in [9.17, 15) is 0 Å². The highest BCUT2D eigenvalue weighted by atomic mass is 15.3. The van der Waals surface area contributed by atoms with Gasteiger partial charge in [0.05, 0.1) is 0 Å². The van der Waals surface area contributed by atoms with Crippen molar-refractivity contribution >= 4 is 0 Å². The van der Waals surface area contributed by atoms with Crippen molar-refractivity contribution in [2.75, 3.05) is 40.3 Å².